The molecule has 27 heavy (non-hydrogen) atoms. The van der Waals surface area contributed by atoms with Gasteiger partial charge in [0.15, 0.2) is 0 Å². The normalized spacial score (nSPS) is 22.7. The third-order valence-electron chi connectivity index (χ3n) is 6.05. The number of amides is 1. The predicted octanol–water partition coefficient (Wildman–Crippen LogP) is 2.98. The first-order valence-electron chi connectivity index (χ1n) is 10.2. The van der Waals surface area contributed by atoms with Gasteiger partial charge in [-0.3, -0.25) is 4.79 Å². The minimum atomic E-state index is -3.33. The number of piperidine rings is 2. The fraction of sp³-hybridized carbons (Fsp3) is 0.667. The van der Waals surface area contributed by atoms with Gasteiger partial charge < -0.3 is 4.90 Å². The van der Waals surface area contributed by atoms with Crippen LogP contribution < -0.4 is 0 Å². The van der Waals surface area contributed by atoms with Crippen LogP contribution in [0.2, 0.25) is 0 Å². The summed E-state index contributed by atoms with van der Waals surface area (Å²) in [5, 5.41) is 0. The summed E-state index contributed by atoms with van der Waals surface area (Å²) in [7, 11) is -3.33. The van der Waals surface area contributed by atoms with E-state index in [-0.39, 0.29) is 5.91 Å². The summed E-state index contributed by atoms with van der Waals surface area (Å²) in [5.74, 6) is 0.657. The molecule has 1 amide bonds. The van der Waals surface area contributed by atoms with E-state index in [1.807, 2.05) is 4.90 Å². The number of carbonyl (C=O) groups excluding carboxylic acids is 1. The van der Waals surface area contributed by atoms with Crippen LogP contribution in [0.25, 0.3) is 0 Å². The highest BCUT2D eigenvalue weighted by Gasteiger charge is 2.37. The van der Waals surface area contributed by atoms with E-state index in [4.69, 9.17) is 0 Å². The Balaban J connectivity index is 1.50. The fourth-order valence-corrected chi connectivity index (χ4v) is 5.45. The van der Waals surface area contributed by atoms with Gasteiger partial charge in [-0.2, -0.15) is 4.31 Å². The maximum absolute atomic E-state index is 12.9. The van der Waals surface area contributed by atoms with E-state index in [1.54, 1.807) is 0 Å². The molecule has 0 spiro atoms. The quantitative estimate of drug-likeness (QED) is 0.774. The van der Waals surface area contributed by atoms with Gasteiger partial charge in [0, 0.05) is 19.6 Å². The van der Waals surface area contributed by atoms with Gasteiger partial charge in [-0.05, 0) is 56.9 Å². The van der Waals surface area contributed by atoms with Crippen LogP contribution in [0.4, 0.5) is 0 Å². The van der Waals surface area contributed by atoms with E-state index in [0.717, 1.165) is 51.6 Å². The Kier molecular flexibility index (Phi) is 6.58. The predicted molar refractivity (Wildman–Crippen MR) is 108 cm³/mol. The number of sulfonamides is 1. The SMILES string of the molecule is Cc1ccc(CCC2CCN(C(=O)C3CCCCN3S(C)(=O)=O)CC2)cc1. The van der Waals surface area contributed by atoms with Crippen LogP contribution in [0.1, 0.15) is 49.7 Å². The lowest BCUT2D eigenvalue weighted by Crippen LogP contribution is -2.54. The van der Waals surface area contributed by atoms with Gasteiger partial charge in [-0.1, -0.05) is 36.2 Å². The zero-order chi connectivity index (χ0) is 19.4. The molecule has 2 aliphatic heterocycles. The second-order valence-electron chi connectivity index (χ2n) is 8.18. The number of likely N-dealkylation sites (tertiary alicyclic amines) is 1. The van der Waals surface area contributed by atoms with Crippen molar-refractivity contribution in [2.75, 3.05) is 25.9 Å². The lowest BCUT2D eigenvalue weighted by Gasteiger charge is -2.39. The summed E-state index contributed by atoms with van der Waals surface area (Å²) in [5.41, 5.74) is 2.67. The van der Waals surface area contributed by atoms with E-state index in [0.29, 0.717) is 18.9 Å². The molecule has 2 aliphatic rings. The topological polar surface area (TPSA) is 57.7 Å². The third kappa shape index (κ3) is 5.32. The molecule has 2 fully saturated rings. The molecule has 0 radical (unpaired) electrons. The molecule has 2 heterocycles. The molecule has 150 valence electrons. The maximum atomic E-state index is 12.9. The van der Waals surface area contributed by atoms with Crippen molar-refractivity contribution in [3.63, 3.8) is 0 Å². The second kappa shape index (κ2) is 8.74. The highest BCUT2D eigenvalue weighted by atomic mass is 32.2. The molecule has 1 unspecified atom stereocenters. The number of hydrogen-bond donors (Lipinski definition) is 0. The highest BCUT2D eigenvalue weighted by Crippen LogP contribution is 2.26. The van der Waals surface area contributed by atoms with Crippen LogP contribution in [0.3, 0.4) is 0 Å². The van der Waals surface area contributed by atoms with Gasteiger partial charge in [-0.25, -0.2) is 8.42 Å². The monoisotopic (exact) mass is 392 g/mol. The van der Waals surface area contributed by atoms with E-state index in [1.165, 1.54) is 21.7 Å². The smallest absolute Gasteiger partial charge is 0.241 e. The van der Waals surface area contributed by atoms with Crippen LogP contribution >= 0.6 is 0 Å². The molecule has 0 saturated carbocycles. The van der Waals surface area contributed by atoms with Crippen molar-refractivity contribution < 1.29 is 13.2 Å². The number of nitrogens with zero attached hydrogens (tertiary/aromatic N) is 2. The molecule has 3 rings (SSSR count). The van der Waals surface area contributed by atoms with Gasteiger partial charge in [0.05, 0.1) is 6.26 Å². The van der Waals surface area contributed by atoms with Crippen molar-refractivity contribution in [2.45, 2.75) is 57.9 Å². The maximum Gasteiger partial charge on any atom is 0.241 e. The number of rotatable bonds is 5. The number of hydrogen-bond acceptors (Lipinski definition) is 3. The molecule has 1 aromatic rings. The first-order chi connectivity index (χ1) is 12.8. The van der Waals surface area contributed by atoms with Crippen LogP contribution in [-0.4, -0.2) is 55.5 Å². The highest BCUT2D eigenvalue weighted by molar-refractivity contribution is 7.88. The molecule has 1 aromatic carbocycles. The van der Waals surface area contributed by atoms with E-state index in [9.17, 15) is 13.2 Å². The van der Waals surface area contributed by atoms with Gasteiger partial charge in [-0.15, -0.1) is 0 Å². The number of carbonyl (C=O) groups is 1. The second-order valence-corrected chi connectivity index (χ2v) is 10.1. The minimum absolute atomic E-state index is 0.0112. The van der Waals surface area contributed by atoms with Crippen LogP contribution in [0.15, 0.2) is 24.3 Å². The molecule has 0 bridgehead atoms. The molecule has 0 aliphatic carbocycles. The first kappa shape index (κ1) is 20.3. The van der Waals surface area contributed by atoms with Gasteiger partial charge >= 0.3 is 0 Å². The van der Waals surface area contributed by atoms with Gasteiger partial charge in [0.25, 0.3) is 0 Å². The standard InChI is InChI=1S/C21H32N2O3S/c1-17-6-8-18(9-7-17)10-11-19-12-15-22(16-13-19)21(24)20-5-3-4-14-23(20)27(2,25)26/h6-9,19-20H,3-5,10-16H2,1-2H3. The lowest BCUT2D eigenvalue weighted by atomic mass is 9.90. The summed E-state index contributed by atoms with van der Waals surface area (Å²) in [6, 6.07) is 8.24. The zero-order valence-electron chi connectivity index (χ0n) is 16.6. The molecule has 1 atom stereocenters. The Morgan fingerprint density at radius 1 is 1.04 bits per heavy atom. The van der Waals surface area contributed by atoms with Crippen molar-refractivity contribution in [3.8, 4) is 0 Å². The third-order valence-corrected chi connectivity index (χ3v) is 7.34. The number of aryl methyl sites for hydroxylation is 2. The molecular weight excluding hydrogens is 360 g/mol. The Morgan fingerprint density at radius 2 is 1.70 bits per heavy atom. The average Bonchev–Trinajstić information content (AvgIpc) is 2.67. The zero-order valence-corrected chi connectivity index (χ0v) is 17.4. The summed E-state index contributed by atoms with van der Waals surface area (Å²) < 4.78 is 25.5. The van der Waals surface area contributed by atoms with E-state index >= 15 is 0 Å². The van der Waals surface area contributed by atoms with Crippen LogP contribution in [0.5, 0.6) is 0 Å². The first-order valence-corrected chi connectivity index (χ1v) is 12.0. The summed E-state index contributed by atoms with van der Waals surface area (Å²) >= 11 is 0. The number of benzene rings is 1. The van der Waals surface area contributed by atoms with Crippen molar-refractivity contribution in [1.29, 1.82) is 0 Å². The molecular formula is C21H32N2O3S. The molecule has 2 saturated heterocycles. The van der Waals surface area contributed by atoms with Crippen LogP contribution in [0, 0.1) is 12.8 Å². The Bertz CT molecular complexity index is 737. The van der Waals surface area contributed by atoms with Crippen molar-refractivity contribution in [2.24, 2.45) is 5.92 Å². The molecule has 0 aromatic heterocycles. The van der Waals surface area contributed by atoms with E-state index < -0.39 is 16.1 Å². The average molecular weight is 393 g/mol. The summed E-state index contributed by atoms with van der Waals surface area (Å²) in [6.07, 6.45) is 7.92. The fourth-order valence-electron chi connectivity index (χ4n) is 4.33. The van der Waals surface area contributed by atoms with Crippen molar-refractivity contribution in [3.05, 3.63) is 35.4 Å². The Hall–Kier alpha value is -1.40. The van der Waals surface area contributed by atoms with Crippen LogP contribution in [-0.2, 0) is 21.2 Å². The van der Waals surface area contributed by atoms with E-state index in [2.05, 4.69) is 31.2 Å². The molecule has 0 N–H and O–H groups in total. The minimum Gasteiger partial charge on any atom is -0.341 e. The molecule has 6 heteroatoms. The van der Waals surface area contributed by atoms with Crippen molar-refractivity contribution >= 4 is 15.9 Å². The Morgan fingerprint density at radius 3 is 2.33 bits per heavy atom. The lowest BCUT2D eigenvalue weighted by molar-refractivity contribution is -0.137. The van der Waals surface area contributed by atoms with Crippen molar-refractivity contribution in [1.82, 2.24) is 9.21 Å². The van der Waals surface area contributed by atoms with Gasteiger partial charge in [0.2, 0.25) is 15.9 Å². The largest absolute Gasteiger partial charge is 0.341 e. The summed E-state index contributed by atoms with van der Waals surface area (Å²) in [4.78, 5) is 14.8. The molecule has 5 nitrogen and oxygen atoms in total. The summed E-state index contributed by atoms with van der Waals surface area (Å²) in [6.45, 7) is 4.09. The Labute approximate surface area is 163 Å². The van der Waals surface area contributed by atoms with Gasteiger partial charge in [0.1, 0.15) is 6.04 Å².